The van der Waals surface area contributed by atoms with Gasteiger partial charge in [0.15, 0.2) is 0 Å². The summed E-state index contributed by atoms with van der Waals surface area (Å²) in [5, 5.41) is 8.74. The maximum absolute atomic E-state index is 13.1. The average Bonchev–Trinajstić information content (AvgIpc) is 2.81. The molecule has 5 nitrogen and oxygen atoms in total. The Hall–Kier alpha value is -2.05. The predicted octanol–water partition coefficient (Wildman–Crippen LogP) is 3.53. The number of nitrogens with zero attached hydrogens (tertiary/aromatic N) is 2. The van der Waals surface area contributed by atoms with Gasteiger partial charge in [-0.15, -0.1) is 0 Å². The molecule has 0 unspecified atom stereocenters. The zero-order chi connectivity index (χ0) is 18.1. The van der Waals surface area contributed by atoms with Crippen molar-refractivity contribution in [1.82, 2.24) is 9.55 Å². The summed E-state index contributed by atoms with van der Waals surface area (Å²) in [7, 11) is -1.30. The highest BCUT2D eigenvalue weighted by molar-refractivity contribution is 6.76. The number of nitriles is 1. The van der Waals surface area contributed by atoms with E-state index in [9.17, 15) is 18.0 Å². The van der Waals surface area contributed by atoms with E-state index in [2.05, 4.69) is 24.6 Å². The molecule has 0 saturated heterocycles. The molecule has 0 saturated carbocycles. The summed E-state index contributed by atoms with van der Waals surface area (Å²) in [6, 6.07) is 2.61. The van der Waals surface area contributed by atoms with Gasteiger partial charge in [0.1, 0.15) is 18.3 Å². The first-order chi connectivity index (χ1) is 11.0. The molecule has 0 aliphatic rings. The molecule has 0 amide bonds. The first kappa shape index (κ1) is 18.3. The summed E-state index contributed by atoms with van der Waals surface area (Å²) in [5.74, 6) is 0. The molecule has 0 aliphatic heterocycles. The van der Waals surface area contributed by atoms with Crippen molar-refractivity contribution in [3.8, 4) is 6.07 Å². The van der Waals surface area contributed by atoms with E-state index in [1.54, 1.807) is 6.07 Å². The monoisotopic (exact) mass is 357 g/mol. The Morgan fingerprint density at radius 1 is 1.38 bits per heavy atom. The third-order valence-corrected chi connectivity index (χ3v) is 5.27. The maximum Gasteiger partial charge on any atom is 0.418 e. The number of rotatable bonds is 5. The van der Waals surface area contributed by atoms with E-state index in [0.717, 1.165) is 6.04 Å². The largest absolute Gasteiger partial charge is 0.418 e. The molecule has 2 aromatic rings. The highest BCUT2D eigenvalue weighted by Gasteiger charge is 2.35. The molecule has 0 bridgehead atoms. The van der Waals surface area contributed by atoms with E-state index < -0.39 is 25.4 Å². The molecule has 1 N–H and O–H groups in total. The van der Waals surface area contributed by atoms with Gasteiger partial charge < -0.3 is 14.3 Å². The van der Waals surface area contributed by atoms with Gasteiger partial charge in [0, 0.05) is 32.5 Å². The van der Waals surface area contributed by atoms with Gasteiger partial charge in [-0.2, -0.15) is 18.4 Å². The first-order valence-corrected chi connectivity index (χ1v) is 11.0. The predicted molar refractivity (Wildman–Crippen MR) is 86.4 cm³/mol. The second-order valence-electron chi connectivity index (χ2n) is 6.73. The molecule has 9 heteroatoms. The molecule has 130 valence electrons. The van der Waals surface area contributed by atoms with Crippen molar-refractivity contribution in [3.05, 3.63) is 33.9 Å². The number of H-pyrrole nitrogens is 1. The molecule has 0 aromatic carbocycles. The molecule has 2 heterocycles. The Balaban J connectivity index is 2.43. The molecule has 0 aliphatic carbocycles. The van der Waals surface area contributed by atoms with Crippen LogP contribution in [0.1, 0.15) is 11.1 Å². The van der Waals surface area contributed by atoms with Crippen molar-refractivity contribution in [3.63, 3.8) is 0 Å². The van der Waals surface area contributed by atoms with Crippen molar-refractivity contribution >= 4 is 19.0 Å². The molecule has 0 radical (unpaired) electrons. The minimum Gasteiger partial charge on any atom is -0.361 e. The van der Waals surface area contributed by atoms with Crippen LogP contribution in [0, 0.1) is 11.3 Å². The van der Waals surface area contributed by atoms with E-state index in [-0.39, 0.29) is 23.2 Å². The number of nitrogens with one attached hydrogen (secondary N) is 1. The maximum atomic E-state index is 13.1. The Bertz CT molecular complexity index is 841. The lowest BCUT2D eigenvalue weighted by Gasteiger charge is -2.15. The van der Waals surface area contributed by atoms with Crippen molar-refractivity contribution in [2.24, 2.45) is 0 Å². The number of halogens is 3. The summed E-state index contributed by atoms with van der Waals surface area (Å²) < 4.78 is 46.2. The topological polar surface area (TPSA) is 70.8 Å². The highest BCUT2D eigenvalue weighted by atomic mass is 28.3. The van der Waals surface area contributed by atoms with E-state index in [1.165, 1.54) is 10.8 Å². The molecule has 2 aromatic heterocycles. The van der Waals surface area contributed by atoms with Crippen LogP contribution in [0.4, 0.5) is 13.2 Å². The molecular formula is C15H18F3N3O2Si. The van der Waals surface area contributed by atoms with Crippen LogP contribution in [0.15, 0.2) is 17.2 Å². The van der Waals surface area contributed by atoms with Crippen molar-refractivity contribution in [2.45, 2.75) is 38.6 Å². The van der Waals surface area contributed by atoms with Crippen LogP contribution in [-0.2, 0) is 17.6 Å². The minimum absolute atomic E-state index is 0.0763. The Morgan fingerprint density at radius 2 is 2.04 bits per heavy atom. The van der Waals surface area contributed by atoms with Crippen LogP contribution >= 0.6 is 0 Å². The quantitative estimate of drug-likeness (QED) is 0.657. The summed E-state index contributed by atoms with van der Waals surface area (Å²) >= 11 is 0. The zero-order valence-corrected chi connectivity index (χ0v) is 14.6. The van der Waals surface area contributed by atoms with Gasteiger partial charge in [-0.05, 0) is 6.04 Å². The van der Waals surface area contributed by atoms with Gasteiger partial charge in [-0.3, -0.25) is 4.79 Å². The molecule has 0 spiro atoms. The number of fused-ring (bicyclic) bond motifs is 1. The Kier molecular flexibility index (Phi) is 4.91. The van der Waals surface area contributed by atoms with Crippen LogP contribution in [-0.4, -0.2) is 24.2 Å². The molecule has 0 atom stereocenters. The molecule has 0 fully saturated rings. The van der Waals surface area contributed by atoms with E-state index in [0.29, 0.717) is 12.8 Å². The van der Waals surface area contributed by atoms with Gasteiger partial charge in [-0.1, -0.05) is 19.6 Å². The third-order valence-electron chi connectivity index (χ3n) is 3.56. The standard InChI is InChI=1S/C15H18F3N3O2Si/c1-24(2,3)5-4-23-9-21-8-10(6-19)12-11(15(16,17)18)7-20-14(22)13(12)21/h7-8H,4-5,9H2,1-3H3,(H,20,22). The smallest absolute Gasteiger partial charge is 0.361 e. The lowest BCUT2D eigenvalue weighted by molar-refractivity contribution is -0.136. The Morgan fingerprint density at radius 3 is 2.58 bits per heavy atom. The van der Waals surface area contributed by atoms with Gasteiger partial charge in [0.2, 0.25) is 0 Å². The zero-order valence-electron chi connectivity index (χ0n) is 13.6. The van der Waals surface area contributed by atoms with Crippen molar-refractivity contribution < 1.29 is 17.9 Å². The number of aromatic nitrogens is 2. The number of ether oxygens (including phenoxy) is 1. The van der Waals surface area contributed by atoms with Crippen LogP contribution in [0.2, 0.25) is 25.7 Å². The molecular weight excluding hydrogens is 339 g/mol. The second-order valence-corrected chi connectivity index (χ2v) is 12.3. The van der Waals surface area contributed by atoms with Crippen LogP contribution in [0.25, 0.3) is 10.9 Å². The van der Waals surface area contributed by atoms with Crippen LogP contribution in [0.5, 0.6) is 0 Å². The summed E-state index contributed by atoms with van der Waals surface area (Å²) in [5.41, 5.74) is -2.12. The van der Waals surface area contributed by atoms with Crippen LogP contribution < -0.4 is 5.56 Å². The van der Waals surface area contributed by atoms with Gasteiger partial charge in [0.25, 0.3) is 5.56 Å². The third kappa shape index (κ3) is 3.88. The van der Waals surface area contributed by atoms with Gasteiger partial charge in [-0.25, -0.2) is 0 Å². The van der Waals surface area contributed by atoms with E-state index in [1.807, 2.05) is 0 Å². The number of alkyl halides is 3. The number of aromatic amines is 1. The number of hydrogen-bond acceptors (Lipinski definition) is 3. The van der Waals surface area contributed by atoms with Gasteiger partial charge >= 0.3 is 6.18 Å². The van der Waals surface area contributed by atoms with E-state index in [4.69, 9.17) is 10.00 Å². The summed E-state index contributed by atoms with van der Waals surface area (Å²) in [6.07, 6.45) is -2.84. The first-order valence-electron chi connectivity index (χ1n) is 7.34. The van der Waals surface area contributed by atoms with E-state index >= 15 is 0 Å². The van der Waals surface area contributed by atoms with Gasteiger partial charge in [0.05, 0.1) is 11.1 Å². The van der Waals surface area contributed by atoms with Crippen molar-refractivity contribution in [2.75, 3.05) is 6.61 Å². The summed E-state index contributed by atoms with van der Waals surface area (Å²) in [6.45, 7) is 6.90. The fourth-order valence-corrected chi connectivity index (χ4v) is 3.06. The lowest BCUT2D eigenvalue weighted by atomic mass is 10.1. The lowest BCUT2D eigenvalue weighted by Crippen LogP contribution is -2.22. The van der Waals surface area contributed by atoms with Crippen LogP contribution in [0.3, 0.4) is 0 Å². The fraction of sp³-hybridized carbons (Fsp3) is 0.467. The van der Waals surface area contributed by atoms with Crippen molar-refractivity contribution in [1.29, 1.82) is 5.26 Å². The number of pyridine rings is 1. The Labute approximate surface area is 137 Å². The normalized spacial score (nSPS) is 12.5. The SMILES string of the molecule is C[Si](C)(C)CCOCn1cc(C#N)c2c(C(F)(F)F)c[nH]c(=O)c21. The summed E-state index contributed by atoms with van der Waals surface area (Å²) in [4.78, 5) is 14.1. The average molecular weight is 357 g/mol. The molecule has 2 rings (SSSR count). The number of hydrogen-bond donors (Lipinski definition) is 1. The minimum atomic E-state index is -4.67. The second kappa shape index (κ2) is 6.45. The highest BCUT2D eigenvalue weighted by Crippen LogP contribution is 2.35. The molecule has 24 heavy (non-hydrogen) atoms. The fourth-order valence-electron chi connectivity index (χ4n) is 2.30.